The Kier molecular flexibility index (Phi) is 6.50. The number of methoxy groups -OCH3 is 2. The van der Waals surface area contributed by atoms with Crippen LogP contribution in [0.15, 0.2) is 77.9 Å². The van der Waals surface area contributed by atoms with Crippen LogP contribution in [0, 0.1) is 0 Å². The average molecular weight is 450 g/mol. The van der Waals surface area contributed by atoms with E-state index in [4.69, 9.17) is 26.1 Å². The predicted octanol–water partition coefficient (Wildman–Crippen LogP) is 6.59. The van der Waals surface area contributed by atoms with Crippen LogP contribution in [0.4, 0.5) is 5.13 Å². The first-order chi connectivity index (χ1) is 15.2. The van der Waals surface area contributed by atoms with Crippen molar-refractivity contribution >= 4 is 34.3 Å². The molecule has 0 bridgehead atoms. The van der Waals surface area contributed by atoms with Crippen molar-refractivity contribution in [2.75, 3.05) is 19.6 Å². The lowest BCUT2D eigenvalue weighted by molar-refractivity contribution is 0.355. The predicted molar refractivity (Wildman–Crippen MR) is 129 cm³/mol. The van der Waals surface area contributed by atoms with Gasteiger partial charge in [-0.1, -0.05) is 65.4 Å². The molecule has 0 fully saturated rings. The fraction of sp³-hybridized carbons (Fsp3) is 0.0833. The molecule has 3 aromatic carbocycles. The van der Waals surface area contributed by atoms with E-state index < -0.39 is 0 Å². The van der Waals surface area contributed by atoms with Gasteiger partial charge < -0.3 is 9.47 Å². The van der Waals surface area contributed by atoms with E-state index in [1.54, 1.807) is 20.4 Å². The summed E-state index contributed by atoms with van der Waals surface area (Å²) in [7, 11) is 3.22. The molecule has 31 heavy (non-hydrogen) atoms. The average Bonchev–Trinajstić information content (AvgIpc) is 3.24. The quantitative estimate of drug-likeness (QED) is 0.255. The number of ether oxygens (including phenoxy) is 2. The van der Waals surface area contributed by atoms with Crippen molar-refractivity contribution in [3.05, 3.63) is 83.4 Å². The summed E-state index contributed by atoms with van der Waals surface area (Å²) in [6, 6.07) is 23.5. The molecule has 0 amide bonds. The van der Waals surface area contributed by atoms with Crippen molar-refractivity contribution in [3.63, 3.8) is 0 Å². The Hall–Kier alpha value is -3.35. The summed E-state index contributed by atoms with van der Waals surface area (Å²) in [6.07, 6.45) is 1.72. The van der Waals surface area contributed by atoms with Crippen LogP contribution in [0.3, 0.4) is 0 Å². The molecular weight excluding hydrogens is 430 g/mol. The molecule has 1 heterocycles. The molecule has 1 N–H and O–H groups in total. The number of hydrogen-bond donors (Lipinski definition) is 1. The fourth-order valence-electron chi connectivity index (χ4n) is 3.05. The molecule has 0 aliphatic rings. The maximum atomic E-state index is 6.07. The van der Waals surface area contributed by atoms with Crippen LogP contribution in [-0.2, 0) is 0 Å². The monoisotopic (exact) mass is 449 g/mol. The Bertz CT molecular complexity index is 1190. The van der Waals surface area contributed by atoms with Crippen molar-refractivity contribution in [1.82, 2.24) is 4.98 Å². The van der Waals surface area contributed by atoms with Gasteiger partial charge in [0.25, 0.3) is 0 Å². The summed E-state index contributed by atoms with van der Waals surface area (Å²) in [6.45, 7) is 0. The van der Waals surface area contributed by atoms with Crippen LogP contribution in [0.25, 0.3) is 21.7 Å². The molecule has 0 saturated carbocycles. The number of nitrogens with one attached hydrogen (secondary N) is 1. The van der Waals surface area contributed by atoms with Gasteiger partial charge in [-0.15, -0.1) is 0 Å². The first-order valence-electron chi connectivity index (χ1n) is 9.51. The third-order valence-corrected chi connectivity index (χ3v) is 5.82. The van der Waals surface area contributed by atoms with Crippen LogP contribution in [0.1, 0.15) is 5.56 Å². The summed E-state index contributed by atoms with van der Waals surface area (Å²) in [5.74, 6) is 1.32. The molecule has 4 aromatic rings. The second-order valence-electron chi connectivity index (χ2n) is 6.55. The smallest absolute Gasteiger partial charge is 0.204 e. The topological polar surface area (TPSA) is 55.7 Å². The molecule has 7 heteroatoms. The van der Waals surface area contributed by atoms with Crippen LogP contribution in [0.5, 0.6) is 11.5 Å². The zero-order valence-electron chi connectivity index (χ0n) is 17.0. The molecule has 0 spiro atoms. The number of thiazole rings is 1. The third kappa shape index (κ3) is 4.87. The number of aromatic nitrogens is 1. The molecule has 0 radical (unpaired) electrons. The summed E-state index contributed by atoms with van der Waals surface area (Å²) in [4.78, 5) is 5.84. The van der Waals surface area contributed by atoms with Gasteiger partial charge in [0.1, 0.15) is 0 Å². The van der Waals surface area contributed by atoms with Crippen LogP contribution in [-0.4, -0.2) is 25.4 Å². The van der Waals surface area contributed by atoms with Crippen molar-refractivity contribution in [2.24, 2.45) is 5.10 Å². The van der Waals surface area contributed by atoms with Crippen molar-refractivity contribution in [1.29, 1.82) is 0 Å². The Morgan fingerprint density at radius 1 is 0.903 bits per heavy atom. The lowest BCUT2D eigenvalue weighted by Gasteiger charge is -2.07. The maximum absolute atomic E-state index is 6.07. The van der Waals surface area contributed by atoms with E-state index in [1.165, 1.54) is 11.3 Å². The molecule has 0 atom stereocenters. The van der Waals surface area contributed by atoms with E-state index in [2.05, 4.69) is 10.5 Å². The van der Waals surface area contributed by atoms with Crippen LogP contribution in [0.2, 0.25) is 5.02 Å². The number of hydrazone groups is 1. The number of hydrogen-bond acceptors (Lipinski definition) is 6. The van der Waals surface area contributed by atoms with E-state index in [0.29, 0.717) is 21.7 Å². The van der Waals surface area contributed by atoms with Gasteiger partial charge in [0, 0.05) is 10.6 Å². The van der Waals surface area contributed by atoms with Gasteiger partial charge in [0.15, 0.2) is 11.5 Å². The summed E-state index contributed by atoms with van der Waals surface area (Å²) in [5.41, 5.74) is 6.92. The van der Waals surface area contributed by atoms with Gasteiger partial charge in [-0.25, -0.2) is 4.98 Å². The van der Waals surface area contributed by atoms with E-state index in [0.717, 1.165) is 27.3 Å². The highest BCUT2D eigenvalue weighted by Gasteiger charge is 2.15. The first-order valence-corrected chi connectivity index (χ1v) is 10.7. The van der Waals surface area contributed by atoms with Gasteiger partial charge >= 0.3 is 0 Å². The molecule has 5 nitrogen and oxygen atoms in total. The van der Waals surface area contributed by atoms with Crippen molar-refractivity contribution < 1.29 is 9.47 Å². The highest BCUT2D eigenvalue weighted by atomic mass is 35.5. The molecule has 1 aromatic heterocycles. The Labute approximate surface area is 190 Å². The number of halogens is 1. The van der Waals surface area contributed by atoms with Gasteiger partial charge in [-0.3, -0.25) is 5.43 Å². The first kappa shape index (κ1) is 20.9. The third-order valence-electron chi connectivity index (χ3n) is 4.56. The summed E-state index contributed by atoms with van der Waals surface area (Å²) < 4.78 is 10.6. The molecular formula is C24H20ClN3O2S. The number of nitrogens with zero attached hydrogens (tertiary/aromatic N) is 2. The lowest BCUT2D eigenvalue weighted by Crippen LogP contribution is -1.93. The van der Waals surface area contributed by atoms with Gasteiger partial charge in [0.2, 0.25) is 5.13 Å². The zero-order valence-corrected chi connectivity index (χ0v) is 18.6. The normalized spacial score (nSPS) is 10.9. The van der Waals surface area contributed by atoms with Gasteiger partial charge in [-0.05, 0) is 41.5 Å². The second-order valence-corrected chi connectivity index (χ2v) is 7.99. The molecule has 4 rings (SSSR count). The van der Waals surface area contributed by atoms with Crippen molar-refractivity contribution in [2.45, 2.75) is 0 Å². The van der Waals surface area contributed by atoms with E-state index in [1.807, 2.05) is 72.8 Å². The number of anilines is 1. The molecule has 0 unspecified atom stereocenters. The zero-order chi connectivity index (χ0) is 21.6. The standard InChI is InChI=1S/C24H20ClN3O2S/c1-29-20-13-8-16(14-21(20)30-2)15-26-28-24-27-22(17-6-4-3-5-7-17)23(31-24)18-9-11-19(25)12-10-18/h3-15H,1-2H3,(H,27,28)/b26-15-. The molecule has 0 saturated heterocycles. The molecule has 156 valence electrons. The van der Waals surface area contributed by atoms with Crippen molar-refractivity contribution in [3.8, 4) is 33.2 Å². The molecule has 0 aliphatic carbocycles. The minimum atomic E-state index is 0.650. The van der Waals surface area contributed by atoms with E-state index in [9.17, 15) is 0 Å². The highest BCUT2D eigenvalue weighted by Crippen LogP contribution is 2.39. The summed E-state index contributed by atoms with van der Waals surface area (Å²) >= 11 is 7.61. The Balaban J connectivity index is 1.62. The lowest BCUT2D eigenvalue weighted by atomic mass is 10.1. The van der Waals surface area contributed by atoms with Crippen LogP contribution >= 0.6 is 22.9 Å². The minimum absolute atomic E-state index is 0.650. The fourth-order valence-corrected chi connectivity index (χ4v) is 4.12. The van der Waals surface area contributed by atoms with Gasteiger partial charge in [-0.2, -0.15) is 5.10 Å². The maximum Gasteiger partial charge on any atom is 0.204 e. The largest absolute Gasteiger partial charge is 0.493 e. The van der Waals surface area contributed by atoms with E-state index >= 15 is 0 Å². The SMILES string of the molecule is COc1ccc(/C=N\Nc2nc(-c3ccccc3)c(-c3ccc(Cl)cc3)s2)cc1OC. The molecule has 0 aliphatic heterocycles. The second kappa shape index (κ2) is 9.64. The highest BCUT2D eigenvalue weighted by molar-refractivity contribution is 7.19. The summed E-state index contributed by atoms with van der Waals surface area (Å²) in [5, 5.41) is 5.75. The van der Waals surface area contributed by atoms with E-state index in [-0.39, 0.29) is 0 Å². The minimum Gasteiger partial charge on any atom is -0.493 e. The van der Waals surface area contributed by atoms with Crippen LogP contribution < -0.4 is 14.9 Å². The number of rotatable bonds is 7. The number of benzene rings is 3. The Morgan fingerprint density at radius 2 is 1.65 bits per heavy atom. The Morgan fingerprint density at radius 3 is 2.35 bits per heavy atom. The van der Waals surface area contributed by atoms with Gasteiger partial charge in [0.05, 0.1) is 31.0 Å².